The fraction of sp³-hybridized carbons (Fsp3) is 0.286. The van der Waals surface area contributed by atoms with Gasteiger partial charge in [-0.1, -0.05) is 18.2 Å². The molecule has 0 amide bonds. The lowest BCUT2D eigenvalue weighted by Gasteiger charge is -2.11. The highest BCUT2D eigenvalue weighted by Gasteiger charge is 2.09. The summed E-state index contributed by atoms with van der Waals surface area (Å²) in [5, 5.41) is 10.1. The molecule has 2 nitrogen and oxygen atoms in total. The Hall–Kier alpha value is -1.54. The Bertz CT molecular complexity index is 458. The van der Waals surface area contributed by atoms with Gasteiger partial charge in [-0.2, -0.15) is 0 Å². The van der Waals surface area contributed by atoms with Gasteiger partial charge in [0.25, 0.3) is 0 Å². The van der Waals surface area contributed by atoms with E-state index in [0.717, 1.165) is 11.1 Å². The largest absolute Gasteiger partial charge is 0.472 e. The van der Waals surface area contributed by atoms with Crippen molar-refractivity contribution in [2.24, 2.45) is 0 Å². The summed E-state index contributed by atoms with van der Waals surface area (Å²) in [6.45, 7) is 4.13. The monoisotopic (exact) mass is 216 g/mol. The molecule has 2 aromatic rings. The van der Waals surface area contributed by atoms with Gasteiger partial charge in [0.15, 0.2) is 0 Å². The minimum Gasteiger partial charge on any atom is -0.472 e. The first-order chi connectivity index (χ1) is 7.66. The van der Waals surface area contributed by atoms with Gasteiger partial charge in [-0.15, -0.1) is 0 Å². The van der Waals surface area contributed by atoms with E-state index in [9.17, 15) is 5.11 Å². The van der Waals surface area contributed by atoms with Crippen molar-refractivity contribution in [3.63, 3.8) is 0 Å². The van der Waals surface area contributed by atoms with Crippen molar-refractivity contribution in [1.82, 2.24) is 0 Å². The normalized spacial score (nSPS) is 12.7. The summed E-state index contributed by atoms with van der Waals surface area (Å²) in [5.41, 5.74) is 4.44. The highest BCUT2D eigenvalue weighted by molar-refractivity contribution is 5.31. The van der Waals surface area contributed by atoms with E-state index in [4.69, 9.17) is 4.42 Å². The lowest BCUT2D eigenvalue weighted by Crippen LogP contribution is -2.01. The van der Waals surface area contributed by atoms with Gasteiger partial charge in [-0.3, -0.25) is 0 Å². The zero-order chi connectivity index (χ0) is 11.5. The fourth-order valence-electron chi connectivity index (χ4n) is 1.72. The van der Waals surface area contributed by atoms with Gasteiger partial charge in [0.05, 0.1) is 18.6 Å². The van der Waals surface area contributed by atoms with Crippen molar-refractivity contribution in [3.05, 3.63) is 59.0 Å². The molecule has 0 radical (unpaired) electrons. The highest BCUT2D eigenvalue weighted by atomic mass is 16.3. The van der Waals surface area contributed by atoms with Gasteiger partial charge in [-0.05, 0) is 42.2 Å². The number of furan rings is 1. The summed E-state index contributed by atoms with van der Waals surface area (Å²) >= 11 is 0. The van der Waals surface area contributed by atoms with Gasteiger partial charge in [0.1, 0.15) is 0 Å². The number of aliphatic hydroxyl groups excluding tert-OH is 1. The fourth-order valence-corrected chi connectivity index (χ4v) is 1.72. The van der Waals surface area contributed by atoms with Crippen LogP contribution >= 0.6 is 0 Å². The van der Waals surface area contributed by atoms with Crippen LogP contribution in [0.5, 0.6) is 0 Å². The number of hydrogen-bond donors (Lipinski definition) is 1. The molecule has 1 heterocycles. The molecule has 1 aromatic heterocycles. The number of aryl methyl sites for hydroxylation is 2. The van der Waals surface area contributed by atoms with Crippen LogP contribution in [0, 0.1) is 13.8 Å². The van der Waals surface area contributed by atoms with Crippen molar-refractivity contribution in [2.45, 2.75) is 26.4 Å². The first-order valence-corrected chi connectivity index (χ1v) is 5.43. The average molecular weight is 216 g/mol. The first kappa shape index (κ1) is 11.0. The molecule has 16 heavy (non-hydrogen) atoms. The van der Waals surface area contributed by atoms with Gasteiger partial charge >= 0.3 is 0 Å². The van der Waals surface area contributed by atoms with E-state index in [-0.39, 0.29) is 0 Å². The third-order valence-corrected chi connectivity index (χ3v) is 2.92. The molecule has 0 aliphatic carbocycles. The predicted octanol–water partition coefficient (Wildman–Crippen LogP) is 3.17. The number of aliphatic hydroxyl groups is 1. The van der Waals surface area contributed by atoms with Crippen LogP contribution in [0.4, 0.5) is 0 Å². The van der Waals surface area contributed by atoms with E-state index < -0.39 is 6.10 Å². The molecule has 0 spiro atoms. The van der Waals surface area contributed by atoms with Crippen LogP contribution in [0.3, 0.4) is 0 Å². The number of rotatable bonds is 3. The van der Waals surface area contributed by atoms with Gasteiger partial charge in [0, 0.05) is 6.42 Å². The summed E-state index contributed by atoms with van der Waals surface area (Å²) < 4.78 is 4.98. The summed E-state index contributed by atoms with van der Waals surface area (Å²) in [6, 6.07) is 7.95. The topological polar surface area (TPSA) is 33.4 Å². The molecule has 1 N–H and O–H groups in total. The van der Waals surface area contributed by atoms with Gasteiger partial charge in [-0.25, -0.2) is 0 Å². The molecular formula is C14H16O2. The Morgan fingerprint density at radius 3 is 2.62 bits per heavy atom. The number of hydrogen-bond acceptors (Lipinski definition) is 2. The molecule has 1 atom stereocenters. The molecule has 0 aliphatic rings. The maximum atomic E-state index is 10.1. The third-order valence-electron chi connectivity index (χ3n) is 2.92. The second-order valence-electron chi connectivity index (χ2n) is 4.20. The summed E-state index contributed by atoms with van der Waals surface area (Å²) in [5.74, 6) is 0. The molecule has 0 fully saturated rings. The minimum absolute atomic E-state index is 0.461. The zero-order valence-corrected chi connectivity index (χ0v) is 9.60. The Kier molecular flexibility index (Phi) is 3.11. The van der Waals surface area contributed by atoms with Crippen LogP contribution in [0.1, 0.15) is 28.4 Å². The molecule has 0 aliphatic heterocycles. The van der Waals surface area contributed by atoms with Crippen LogP contribution in [0.25, 0.3) is 0 Å². The van der Waals surface area contributed by atoms with Crippen LogP contribution in [-0.2, 0) is 6.42 Å². The summed E-state index contributed by atoms with van der Waals surface area (Å²) in [4.78, 5) is 0. The van der Waals surface area contributed by atoms with E-state index in [0.29, 0.717) is 6.42 Å². The second-order valence-corrected chi connectivity index (χ2v) is 4.20. The Labute approximate surface area is 95.5 Å². The Morgan fingerprint density at radius 2 is 2.00 bits per heavy atom. The van der Waals surface area contributed by atoms with E-state index in [1.165, 1.54) is 11.1 Å². The quantitative estimate of drug-likeness (QED) is 0.854. The standard InChI is InChI=1S/C14H16O2/c1-10-3-4-13(7-11(10)2)14(15)8-12-5-6-16-9-12/h3-7,9,14-15H,8H2,1-2H3. The van der Waals surface area contributed by atoms with Crippen LogP contribution in [0.2, 0.25) is 0 Å². The van der Waals surface area contributed by atoms with E-state index in [2.05, 4.69) is 13.8 Å². The lowest BCUT2D eigenvalue weighted by atomic mass is 9.99. The summed E-state index contributed by atoms with van der Waals surface area (Å²) in [6.07, 6.45) is 3.43. The van der Waals surface area contributed by atoms with Crippen molar-refractivity contribution >= 4 is 0 Å². The number of benzene rings is 1. The van der Waals surface area contributed by atoms with Crippen molar-refractivity contribution < 1.29 is 9.52 Å². The molecule has 0 saturated carbocycles. The van der Waals surface area contributed by atoms with E-state index in [1.54, 1.807) is 12.5 Å². The Morgan fingerprint density at radius 1 is 1.19 bits per heavy atom. The highest BCUT2D eigenvalue weighted by Crippen LogP contribution is 2.20. The maximum Gasteiger partial charge on any atom is 0.0935 e. The van der Waals surface area contributed by atoms with E-state index >= 15 is 0 Å². The molecule has 2 heteroatoms. The maximum absolute atomic E-state index is 10.1. The lowest BCUT2D eigenvalue weighted by molar-refractivity contribution is 0.178. The smallest absolute Gasteiger partial charge is 0.0935 e. The zero-order valence-electron chi connectivity index (χ0n) is 9.60. The van der Waals surface area contributed by atoms with Crippen molar-refractivity contribution in [3.8, 4) is 0 Å². The van der Waals surface area contributed by atoms with Crippen LogP contribution < -0.4 is 0 Å². The minimum atomic E-state index is -0.461. The van der Waals surface area contributed by atoms with E-state index in [1.807, 2.05) is 24.3 Å². The van der Waals surface area contributed by atoms with Crippen molar-refractivity contribution in [2.75, 3.05) is 0 Å². The Balaban J connectivity index is 2.14. The van der Waals surface area contributed by atoms with Gasteiger partial charge in [0.2, 0.25) is 0 Å². The van der Waals surface area contributed by atoms with Gasteiger partial charge < -0.3 is 9.52 Å². The molecule has 1 aromatic carbocycles. The molecular weight excluding hydrogens is 200 g/mol. The molecule has 0 saturated heterocycles. The van der Waals surface area contributed by atoms with Crippen LogP contribution in [-0.4, -0.2) is 5.11 Å². The molecule has 0 bridgehead atoms. The molecule has 2 rings (SSSR count). The first-order valence-electron chi connectivity index (χ1n) is 5.43. The third kappa shape index (κ3) is 2.34. The average Bonchev–Trinajstić information content (AvgIpc) is 2.74. The van der Waals surface area contributed by atoms with Crippen LogP contribution in [0.15, 0.2) is 41.2 Å². The predicted molar refractivity (Wildman–Crippen MR) is 63.3 cm³/mol. The summed E-state index contributed by atoms with van der Waals surface area (Å²) in [7, 11) is 0. The second kappa shape index (κ2) is 4.54. The van der Waals surface area contributed by atoms with Crippen molar-refractivity contribution in [1.29, 1.82) is 0 Å². The molecule has 1 unspecified atom stereocenters. The SMILES string of the molecule is Cc1ccc(C(O)Cc2ccoc2)cc1C. The molecule has 84 valence electrons.